The van der Waals surface area contributed by atoms with Crippen LogP contribution >= 0.6 is 11.3 Å². The summed E-state index contributed by atoms with van der Waals surface area (Å²) in [7, 11) is 0. The number of amides is 2. The number of allylic oxidation sites excluding steroid dienone is 1. The molecule has 0 atom stereocenters. The number of urea groups is 1. The second-order valence-corrected chi connectivity index (χ2v) is 9.63. The summed E-state index contributed by atoms with van der Waals surface area (Å²) in [4.78, 5) is 27.0. The van der Waals surface area contributed by atoms with Crippen LogP contribution in [0.15, 0.2) is 28.3 Å². The molecular formula is C24H34N6O4S. The van der Waals surface area contributed by atoms with Gasteiger partial charge in [0, 0.05) is 44.0 Å². The zero-order valence-electron chi connectivity index (χ0n) is 20.8. The highest BCUT2D eigenvalue weighted by Crippen LogP contribution is 2.35. The average molecular weight is 503 g/mol. The molecule has 3 N–H and O–H groups in total. The van der Waals surface area contributed by atoms with E-state index in [-0.39, 0.29) is 11.9 Å². The molecule has 0 bridgehead atoms. The minimum Gasteiger partial charge on any atom is -0.492 e. The predicted molar refractivity (Wildman–Crippen MR) is 142 cm³/mol. The van der Waals surface area contributed by atoms with E-state index in [9.17, 15) is 9.90 Å². The summed E-state index contributed by atoms with van der Waals surface area (Å²) < 4.78 is 12.5. The van der Waals surface area contributed by atoms with Gasteiger partial charge < -0.3 is 19.9 Å². The number of ether oxygens (including phenoxy) is 2. The van der Waals surface area contributed by atoms with Gasteiger partial charge >= 0.3 is 6.03 Å². The second kappa shape index (κ2) is 12.2. The van der Waals surface area contributed by atoms with Crippen LogP contribution in [0.1, 0.15) is 33.3 Å². The summed E-state index contributed by atoms with van der Waals surface area (Å²) in [5.74, 6) is 0.911. The number of amidine groups is 1. The van der Waals surface area contributed by atoms with Crippen molar-refractivity contribution in [1.29, 1.82) is 0 Å². The number of nitrogens with one attached hydrogen (secondary N) is 2. The number of carbonyl (C=O) groups is 1. The molecule has 3 rings (SSSR count). The van der Waals surface area contributed by atoms with E-state index >= 15 is 0 Å². The van der Waals surface area contributed by atoms with Crippen LogP contribution in [-0.2, 0) is 4.74 Å². The fraction of sp³-hybridized carbons (Fsp3) is 0.500. The van der Waals surface area contributed by atoms with Crippen molar-refractivity contribution < 1.29 is 19.4 Å². The molecule has 1 fully saturated rings. The van der Waals surface area contributed by atoms with Crippen LogP contribution in [0.3, 0.4) is 0 Å². The van der Waals surface area contributed by atoms with Crippen LogP contribution in [0.4, 0.5) is 9.93 Å². The van der Waals surface area contributed by atoms with Crippen LogP contribution < -0.4 is 15.4 Å². The molecule has 0 spiro atoms. The molecule has 11 heteroatoms. The fourth-order valence-corrected chi connectivity index (χ4v) is 4.34. The highest BCUT2D eigenvalue weighted by Gasteiger charge is 2.20. The number of benzene rings is 1. The number of morpholine rings is 1. The number of fused-ring (bicyclic) bond motifs is 1. The summed E-state index contributed by atoms with van der Waals surface area (Å²) in [6, 6.07) is 3.56. The minimum absolute atomic E-state index is 0.217. The number of aromatic nitrogens is 1. The van der Waals surface area contributed by atoms with Gasteiger partial charge in [0.1, 0.15) is 18.0 Å². The maximum absolute atomic E-state index is 11.9. The lowest BCUT2D eigenvalue weighted by Gasteiger charge is -2.26. The van der Waals surface area contributed by atoms with Gasteiger partial charge in [-0.3, -0.25) is 10.2 Å². The molecule has 2 aromatic rings. The first kappa shape index (κ1) is 26.7. The normalized spacial score (nSPS) is 15.8. The van der Waals surface area contributed by atoms with Gasteiger partial charge in [-0.05, 0) is 46.1 Å². The van der Waals surface area contributed by atoms with Crippen molar-refractivity contribution in [3.63, 3.8) is 0 Å². The number of anilines is 1. The molecule has 10 nitrogen and oxygen atoms in total. The van der Waals surface area contributed by atoms with Gasteiger partial charge in [-0.25, -0.2) is 19.8 Å². The van der Waals surface area contributed by atoms with Crippen LogP contribution in [-0.4, -0.2) is 85.2 Å². The van der Waals surface area contributed by atoms with E-state index in [1.807, 2.05) is 26.0 Å². The summed E-state index contributed by atoms with van der Waals surface area (Å²) >= 11 is 1.38. The predicted octanol–water partition coefficient (Wildman–Crippen LogP) is 3.38. The quantitative estimate of drug-likeness (QED) is 0.357. The van der Waals surface area contributed by atoms with Crippen molar-refractivity contribution >= 4 is 50.8 Å². The molecule has 0 saturated carbocycles. The molecular weight excluding hydrogens is 468 g/mol. The lowest BCUT2D eigenvalue weighted by atomic mass is 10.1. The number of aliphatic imine (C=N–C) groups is 2. The number of rotatable bonds is 9. The van der Waals surface area contributed by atoms with Gasteiger partial charge in [-0.2, -0.15) is 0 Å². The van der Waals surface area contributed by atoms with E-state index in [2.05, 4.69) is 37.2 Å². The van der Waals surface area contributed by atoms with Crippen LogP contribution in [0.5, 0.6) is 5.75 Å². The number of carbonyl (C=O) groups excluding carboxylic acids is 1. The van der Waals surface area contributed by atoms with Crippen molar-refractivity contribution in [2.75, 3.05) is 51.3 Å². The van der Waals surface area contributed by atoms with E-state index in [1.165, 1.54) is 11.3 Å². The summed E-state index contributed by atoms with van der Waals surface area (Å²) in [6.07, 6.45) is 1.64. The Hall–Kier alpha value is -2.86. The highest BCUT2D eigenvalue weighted by molar-refractivity contribution is 7.22. The zero-order chi connectivity index (χ0) is 25.4. The first-order chi connectivity index (χ1) is 16.7. The van der Waals surface area contributed by atoms with E-state index in [4.69, 9.17) is 9.47 Å². The Morgan fingerprint density at radius 2 is 2.14 bits per heavy atom. The average Bonchev–Trinajstić information content (AvgIpc) is 3.19. The molecule has 35 heavy (non-hydrogen) atoms. The molecule has 0 aliphatic carbocycles. The summed E-state index contributed by atoms with van der Waals surface area (Å²) in [6.45, 7) is 15.6. The Balaban J connectivity index is 1.91. The maximum Gasteiger partial charge on any atom is 0.321 e. The topological polar surface area (TPSA) is 121 Å². The molecule has 0 unspecified atom stereocenters. The number of thiazole rings is 1. The van der Waals surface area contributed by atoms with Gasteiger partial charge in [0.05, 0.1) is 23.4 Å². The van der Waals surface area contributed by atoms with Crippen molar-refractivity contribution in [3.05, 3.63) is 23.9 Å². The largest absolute Gasteiger partial charge is 0.492 e. The van der Waals surface area contributed by atoms with E-state index in [0.717, 1.165) is 54.2 Å². The first-order valence-electron chi connectivity index (χ1n) is 11.6. The van der Waals surface area contributed by atoms with Gasteiger partial charge in [0.25, 0.3) is 0 Å². The lowest BCUT2D eigenvalue weighted by molar-refractivity contribution is 0.0322. The number of nitrogens with zero attached hydrogens (tertiary/aromatic N) is 4. The third-order valence-electron chi connectivity index (χ3n) is 5.32. The molecule has 1 aromatic carbocycles. The smallest absolute Gasteiger partial charge is 0.321 e. The highest BCUT2D eigenvalue weighted by atomic mass is 32.1. The SMILES string of the molecule is C=N/C(=N\C=C(/C)c1cc2nc(NC(=O)NCC)sc2cc1OCCN1CCOCC1)C(C)(C)O. The molecule has 0 radical (unpaired) electrons. The van der Waals surface area contributed by atoms with E-state index < -0.39 is 5.60 Å². The molecule has 190 valence electrons. The Labute approximate surface area is 209 Å². The molecule has 1 aliphatic rings. The molecule has 1 aliphatic heterocycles. The van der Waals surface area contributed by atoms with E-state index in [1.54, 1.807) is 20.0 Å². The first-order valence-corrected chi connectivity index (χ1v) is 12.4. The van der Waals surface area contributed by atoms with Gasteiger partial charge in [0.15, 0.2) is 11.0 Å². The standard InChI is InChI=1S/C24H34N6O4S/c1-6-26-22(31)29-23-28-18-13-17(16(2)15-27-21(25-5)24(3,4)32)19(14-20(18)35-23)34-12-9-30-7-10-33-11-8-30/h13-15,32H,5-12H2,1-4H3,(H2,26,28,29,31)/b16-15+,27-21-. The van der Waals surface area contributed by atoms with E-state index in [0.29, 0.717) is 24.0 Å². The third-order valence-corrected chi connectivity index (χ3v) is 6.25. The summed E-state index contributed by atoms with van der Waals surface area (Å²) in [5.41, 5.74) is 1.15. The molecule has 2 heterocycles. The Bertz CT molecular complexity index is 1100. The fourth-order valence-electron chi connectivity index (χ4n) is 3.47. The summed E-state index contributed by atoms with van der Waals surface area (Å²) in [5, 5.41) is 16.2. The van der Waals surface area contributed by atoms with Crippen molar-refractivity contribution in [3.8, 4) is 5.75 Å². The molecule has 2 amide bonds. The minimum atomic E-state index is -1.21. The molecule has 1 saturated heterocycles. The monoisotopic (exact) mass is 502 g/mol. The van der Waals surface area contributed by atoms with Gasteiger partial charge in [0.2, 0.25) is 0 Å². The Morgan fingerprint density at radius 3 is 2.80 bits per heavy atom. The second-order valence-electron chi connectivity index (χ2n) is 8.60. The van der Waals surface area contributed by atoms with Crippen LogP contribution in [0.2, 0.25) is 0 Å². The van der Waals surface area contributed by atoms with Crippen LogP contribution in [0.25, 0.3) is 15.8 Å². The lowest BCUT2D eigenvalue weighted by Crippen LogP contribution is -2.38. The van der Waals surface area contributed by atoms with Crippen molar-refractivity contribution in [2.45, 2.75) is 33.3 Å². The third kappa shape index (κ3) is 7.56. The zero-order valence-corrected chi connectivity index (χ0v) is 21.6. The molecule has 1 aromatic heterocycles. The van der Waals surface area contributed by atoms with Crippen molar-refractivity contribution in [2.24, 2.45) is 9.98 Å². The van der Waals surface area contributed by atoms with Crippen molar-refractivity contribution in [1.82, 2.24) is 15.2 Å². The number of hydrogen-bond acceptors (Lipinski definition) is 8. The Kier molecular flexibility index (Phi) is 9.33. The van der Waals surface area contributed by atoms with Gasteiger partial charge in [-0.1, -0.05) is 11.3 Å². The number of hydrogen-bond donors (Lipinski definition) is 3. The van der Waals surface area contributed by atoms with Crippen LogP contribution in [0, 0.1) is 0 Å². The number of aliphatic hydroxyl groups is 1. The maximum atomic E-state index is 11.9. The van der Waals surface area contributed by atoms with Gasteiger partial charge in [-0.15, -0.1) is 0 Å². The Morgan fingerprint density at radius 1 is 1.40 bits per heavy atom.